The molecular weight excluding hydrogens is 138 g/mol. The molecule has 1 atom stereocenters. The molecule has 3 N–H and O–H groups in total. The van der Waals surface area contributed by atoms with Crippen molar-refractivity contribution < 1.29 is 5.11 Å². The second-order valence-electron chi connectivity index (χ2n) is 3.71. The van der Waals surface area contributed by atoms with Crippen molar-refractivity contribution in [3.8, 4) is 0 Å². The highest BCUT2D eigenvalue weighted by Crippen LogP contribution is 2.53. The van der Waals surface area contributed by atoms with E-state index in [9.17, 15) is 5.11 Å². The van der Waals surface area contributed by atoms with Crippen LogP contribution in [0.1, 0.15) is 39.0 Å². The monoisotopic (exact) mass is 157 g/mol. The largest absolute Gasteiger partial charge is 0.393 e. The van der Waals surface area contributed by atoms with E-state index in [0.29, 0.717) is 6.54 Å². The summed E-state index contributed by atoms with van der Waals surface area (Å²) >= 11 is 0. The lowest BCUT2D eigenvalue weighted by atomic mass is 9.92. The van der Waals surface area contributed by atoms with Crippen LogP contribution in [0.2, 0.25) is 0 Å². The Balaban J connectivity index is 2.31. The van der Waals surface area contributed by atoms with Crippen LogP contribution in [0.3, 0.4) is 0 Å². The summed E-state index contributed by atoms with van der Waals surface area (Å²) in [7, 11) is 0. The molecule has 2 heteroatoms. The van der Waals surface area contributed by atoms with E-state index in [1.165, 1.54) is 25.7 Å². The molecule has 0 aliphatic heterocycles. The van der Waals surface area contributed by atoms with Crippen LogP contribution in [-0.2, 0) is 0 Å². The molecule has 66 valence electrons. The van der Waals surface area contributed by atoms with Gasteiger partial charge in [0.2, 0.25) is 0 Å². The fourth-order valence-corrected chi connectivity index (χ4v) is 1.87. The van der Waals surface area contributed by atoms with Crippen LogP contribution >= 0.6 is 0 Å². The Morgan fingerprint density at radius 3 is 2.55 bits per heavy atom. The van der Waals surface area contributed by atoms with E-state index in [1.54, 1.807) is 0 Å². The lowest BCUT2D eigenvalue weighted by molar-refractivity contribution is 0.0806. The van der Waals surface area contributed by atoms with Crippen LogP contribution in [-0.4, -0.2) is 17.8 Å². The number of hydrogen-bond acceptors (Lipinski definition) is 2. The fourth-order valence-electron chi connectivity index (χ4n) is 1.87. The summed E-state index contributed by atoms with van der Waals surface area (Å²) in [6.07, 6.45) is 5.42. The predicted molar refractivity (Wildman–Crippen MR) is 46.3 cm³/mol. The van der Waals surface area contributed by atoms with Crippen LogP contribution in [0.4, 0.5) is 0 Å². The molecule has 0 aromatic rings. The smallest absolute Gasteiger partial charge is 0.0608 e. The maximum Gasteiger partial charge on any atom is 0.0608 e. The molecule has 0 heterocycles. The van der Waals surface area contributed by atoms with Gasteiger partial charge in [-0.05, 0) is 37.6 Å². The third kappa shape index (κ3) is 1.94. The Hall–Kier alpha value is -0.0800. The number of aliphatic hydroxyl groups is 1. The van der Waals surface area contributed by atoms with Crippen LogP contribution in [0.15, 0.2) is 0 Å². The van der Waals surface area contributed by atoms with Gasteiger partial charge in [0.1, 0.15) is 0 Å². The molecule has 1 aliphatic carbocycles. The Morgan fingerprint density at radius 1 is 1.55 bits per heavy atom. The first-order chi connectivity index (χ1) is 5.25. The summed E-state index contributed by atoms with van der Waals surface area (Å²) in [5, 5.41) is 9.69. The molecule has 2 nitrogen and oxygen atoms in total. The van der Waals surface area contributed by atoms with Gasteiger partial charge in [-0.25, -0.2) is 0 Å². The molecule has 0 bridgehead atoms. The molecule has 0 aromatic heterocycles. The molecule has 1 fully saturated rings. The summed E-state index contributed by atoms with van der Waals surface area (Å²) in [5.41, 5.74) is 5.68. The molecule has 0 spiro atoms. The third-order valence-corrected chi connectivity index (χ3v) is 2.79. The molecule has 11 heavy (non-hydrogen) atoms. The SMILES string of the molecule is CCCC1(C(O)CCN)CC1. The highest BCUT2D eigenvalue weighted by atomic mass is 16.3. The third-order valence-electron chi connectivity index (χ3n) is 2.79. The second-order valence-corrected chi connectivity index (χ2v) is 3.71. The summed E-state index contributed by atoms with van der Waals surface area (Å²) in [5.74, 6) is 0. The number of rotatable bonds is 5. The summed E-state index contributed by atoms with van der Waals surface area (Å²) in [4.78, 5) is 0. The fraction of sp³-hybridized carbons (Fsp3) is 1.00. The van der Waals surface area contributed by atoms with Crippen molar-refractivity contribution in [2.75, 3.05) is 6.54 Å². The van der Waals surface area contributed by atoms with Gasteiger partial charge in [-0.1, -0.05) is 13.3 Å². The van der Waals surface area contributed by atoms with Gasteiger partial charge in [0.15, 0.2) is 0 Å². The summed E-state index contributed by atoms with van der Waals surface area (Å²) < 4.78 is 0. The van der Waals surface area contributed by atoms with Crippen LogP contribution in [0.25, 0.3) is 0 Å². The van der Waals surface area contributed by atoms with Crippen molar-refractivity contribution in [3.63, 3.8) is 0 Å². The Bertz CT molecular complexity index is 121. The first kappa shape index (κ1) is 9.01. The van der Waals surface area contributed by atoms with Gasteiger partial charge in [0.25, 0.3) is 0 Å². The topological polar surface area (TPSA) is 46.2 Å². The standard InChI is InChI=1S/C9H19NO/c1-2-4-9(5-6-9)8(11)3-7-10/h8,11H,2-7,10H2,1H3. The van der Waals surface area contributed by atoms with Crippen molar-refractivity contribution >= 4 is 0 Å². The lowest BCUT2D eigenvalue weighted by Crippen LogP contribution is -2.24. The Kier molecular flexibility index (Phi) is 2.90. The quantitative estimate of drug-likeness (QED) is 0.631. The van der Waals surface area contributed by atoms with E-state index < -0.39 is 0 Å². The van der Waals surface area contributed by atoms with E-state index in [-0.39, 0.29) is 11.5 Å². The van der Waals surface area contributed by atoms with Crippen molar-refractivity contribution in [3.05, 3.63) is 0 Å². The molecule has 1 unspecified atom stereocenters. The first-order valence-electron chi connectivity index (χ1n) is 4.63. The Morgan fingerprint density at radius 2 is 2.18 bits per heavy atom. The van der Waals surface area contributed by atoms with Gasteiger partial charge >= 0.3 is 0 Å². The van der Waals surface area contributed by atoms with Gasteiger partial charge in [-0.2, -0.15) is 0 Å². The zero-order chi connectivity index (χ0) is 8.32. The van der Waals surface area contributed by atoms with E-state index in [4.69, 9.17) is 5.73 Å². The molecule has 1 aliphatic rings. The zero-order valence-corrected chi connectivity index (χ0v) is 7.34. The van der Waals surface area contributed by atoms with Crippen LogP contribution < -0.4 is 5.73 Å². The normalized spacial score (nSPS) is 23.2. The number of aliphatic hydroxyl groups excluding tert-OH is 1. The second kappa shape index (κ2) is 3.55. The highest BCUT2D eigenvalue weighted by molar-refractivity contribution is 4.98. The van der Waals surface area contributed by atoms with Crippen molar-refractivity contribution in [1.82, 2.24) is 0 Å². The highest BCUT2D eigenvalue weighted by Gasteiger charge is 2.47. The van der Waals surface area contributed by atoms with Crippen molar-refractivity contribution in [2.24, 2.45) is 11.1 Å². The molecule has 0 amide bonds. The maximum atomic E-state index is 9.69. The van der Waals surface area contributed by atoms with Gasteiger partial charge in [-0.15, -0.1) is 0 Å². The average molecular weight is 157 g/mol. The van der Waals surface area contributed by atoms with Crippen molar-refractivity contribution in [1.29, 1.82) is 0 Å². The molecule has 0 aromatic carbocycles. The Labute approximate surface area is 68.8 Å². The zero-order valence-electron chi connectivity index (χ0n) is 7.34. The average Bonchev–Trinajstić information content (AvgIpc) is 2.71. The van der Waals surface area contributed by atoms with Gasteiger partial charge in [-0.3, -0.25) is 0 Å². The summed E-state index contributed by atoms with van der Waals surface area (Å²) in [6, 6.07) is 0. The van der Waals surface area contributed by atoms with E-state index >= 15 is 0 Å². The molecule has 1 saturated carbocycles. The molecule has 0 radical (unpaired) electrons. The molecule has 1 rings (SSSR count). The minimum Gasteiger partial charge on any atom is -0.393 e. The van der Waals surface area contributed by atoms with Crippen LogP contribution in [0.5, 0.6) is 0 Å². The van der Waals surface area contributed by atoms with E-state index in [2.05, 4.69) is 6.92 Å². The number of nitrogens with two attached hydrogens (primary N) is 1. The number of hydrogen-bond donors (Lipinski definition) is 2. The van der Waals surface area contributed by atoms with Gasteiger partial charge in [0, 0.05) is 0 Å². The predicted octanol–water partition coefficient (Wildman–Crippen LogP) is 1.28. The van der Waals surface area contributed by atoms with Gasteiger partial charge < -0.3 is 10.8 Å². The van der Waals surface area contributed by atoms with Crippen molar-refractivity contribution in [2.45, 2.75) is 45.1 Å². The maximum absolute atomic E-state index is 9.69. The summed E-state index contributed by atoms with van der Waals surface area (Å²) in [6.45, 7) is 2.79. The minimum absolute atomic E-state index is 0.132. The van der Waals surface area contributed by atoms with E-state index in [0.717, 1.165) is 6.42 Å². The minimum atomic E-state index is -0.132. The first-order valence-corrected chi connectivity index (χ1v) is 4.63. The van der Waals surface area contributed by atoms with Crippen LogP contribution in [0, 0.1) is 5.41 Å². The molecule has 0 saturated heterocycles. The molecular formula is C9H19NO. The van der Waals surface area contributed by atoms with E-state index in [1.807, 2.05) is 0 Å². The van der Waals surface area contributed by atoms with Gasteiger partial charge in [0.05, 0.1) is 6.10 Å². The lowest BCUT2D eigenvalue weighted by Gasteiger charge is -2.20.